The second kappa shape index (κ2) is 4.52. The Hall–Kier alpha value is -1.31. The topological polar surface area (TPSA) is 96.2 Å². The first-order valence-electron chi connectivity index (χ1n) is 4.68. The van der Waals surface area contributed by atoms with Gasteiger partial charge in [0.25, 0.3) is 0 Å². The normalized spacial score (nSPS) is 16.6. The van der Waals surface area contributed by atoms with Crippen LogP contribution in [0.5, 0.6) is 11.5 Å². The molecule has 17 heavy (non-hydrogen) atoms. The van der Waals surface area contributed by atoms with Crippen LogP contribution in [-0.4, -0.2) is 34.2 Å². The van der Waals surface area contributed by atoms with E-state index in [-0.39, 0.29) is 12.4 Å². The van der Waals surface area contributed by atoms with E-state index in [0.717, 1.165) is 0 Å². The van der Waals surface area contributed by atoms with Gasteiger partial charge < -0.3 is 24.8 Å². The number of halogens is 1. The second-order valence-corrected chi connectivity index (χ2v) is 4.31. The molecular weight excluding hydrogens is 296 g/mol. The summed E-state index contributed by atoms with van der Waals surface area (Å²) in [6.45, 7) is 0.0722. The van der Waals surface area contributed by atoms with Crippen molar-refractivity contribution in [2.75, 3.05) is 6.79 Å². The third-order valence-electron chi connectivity index (χ3n) is 2.36. The zero-order valence-electron chi connectivity index (χ0n) is 8.46. The minimum Gasteiger partial charge on any atom is -0.479 e. The van der Waals surface area contributed by atoms with Gasteiger partial charge in [-0.05, 0) is 12.1 Å². The molecule has 92 valence electrons. The number of carboxylic acid groups (broad SMARTS) is 1. The highest BCUT2D eigenvalue weighted by atomic mass is 79.9. The molecule has 0 saturated carbocycles. The fraction of sp³-hybridized carbons (Fsp3) is 0.300. The van der Waals surface area contributed by atoms with Crippen LogP contribution in [0, 0.1) is 0 Å². The van der Waals surface area contributed by atoms with E-state index < -0.39 is 18.2 Å². The number of fused-ring (bicyclic) bond motifs is 1. The molecule has 0 saturated heterocycles. The quantitative estimate of drug-likeness (QED) is 0.759. The molecule has 2 atom stereocenters. The van der Waals surface area contributed by atoms with Crippen molar-refractivity contribution < 1.29 is 29.6 Å². The molecule has 0 fully saturated rings. The molecule has 1 aliphatic rings. The first kappa shape index (κ1) is 12.2. The molecule has 1 aromatic rings. The highest BCUT2D eigenvalue weighted by molar-refractivity contribution is 9.10. The first-order chi connectivity index (χ1) is 8.00. The maximum absolute atomic E-state index is 10.6. The third-order valence-corrected chi connectivity index (χ3v) is 3.05. The van der Waals surface area contributed by atoms with E-state index >= 15 is 0 Å². The van der Waals surface area contributed by atoms with E-state index in [2.05, 4.69) is 15.9 Å². The van der Waals surface area contributed by atoms with E-state index in [1.807, 2.05) is 0 Å². The number of hydrogen-bond acceptors (Lipinski definition) is 5. The van der Waals surface area contributed by atoms with E-state index in [1.54, 1.807) is 6.07 Å². The summed E-state index contributed by atoms with van der Waals surface area (Å²) in [7, 11) is 0. The Labute approximate surface area is 105 Å². The van der Waals surface area contributed by atoms with Gasteiger partial charge in [0, 0.05) is 10.0 Å². The highest BCUT2D eigenvalue weighted by Crippen LogP contribution is 2.39. The van der Waals surface area contributed by atoms with E-state index in [0.29, 0.717) is 16.0 Å². The van der Waals surface area contributed by atoms with Gasteiger partial charge in [0.1, 0.15) is 6.10 Å². The molecular formula is C10H9BrO6. The van der Waals surface area contributed by atoms with E-state index in [4.69, 9.17) is 14.6 Å². The Kier molecular flexibility index (Phi) is 3.23. The number of aliphatic hydroxyl groups is 2. The number of aliphatic carboxylic acids is 1. The predicted octanol–water partition coefficient (Wildman–Crippen LogP) is 0.657. The molecule has 7 heteroatoms. The Morgan fingerprint density at radius 2 is 1.88 bits per heavy atom. The summed E-state index contributed by atoms with van der Waals surface area (Å²) in [5.41, 5.74) is 0.226. The van der Waals surface area contributed by atoms with Gasteiger partial charge in [-0.25, -0.2) is 4.79 Å². The number of hydrogen-bond donors (Lipinski definition) is 3. The molecule has 1 heterocycles. The standard InChI is InChI=1S/C10H9BrO6/c11-5-2-7-6(16-3-17-7)1-4(5)8(12)9(13)10(14)15/h1-2,8-9,12-13H,3H2,(H,14,15). The summed E-state index contributed by atoms with van der Waals surface area (Å²) < 4.78 is 10.6. The molecule has 1 aliphatic heterocycles. The number of ether oxygens (including phenoxy) is 2. The second-order valence-electron chi connectivity index (χ2n) is 3.45. The number of carboxylic acids is 1. The fourth-order valence-corrected chi connectivity index (χ4v) is 2.02. The van der Waals surface area contributed by atoms with E-state index in [1.165, 1.54) is 6.07 Å². The van der Waals surface area contributed by atoms with Crippen molar-refractivity contribution in [3.05, 3.63) is 22.2 Å². The van der Waals surface area contributed by atoms with E-state index in [9.17, 15) is 15.0 Å². The van der Waals surface area contributed by atoms with Crippen LogP contribution < -0.4 is 9.47 Å². The molecule has 6 nitrogen and oxygen atoms in total. The van der Waals surface area contributed by atoms with Gasteiger partial charge in [-0.3, -0.25) is 0 Å². The first-order valence-corrected chi connectivity index (χ1v) is 5.48. The minimum atomic E-state index is -1.90. The largest absolute Gasteiger partial charge is 0.479 e. The number of benzene rings is 1. The maximum atomic E-state index is 10.6. The van der Waals surface area contributed by atoms with Crippen molar-refractivity contribution in [3.8, 4) is 11.5 Å². The molecule has 0 aromatic heterocycles. The molecule has 3 N–H and O–H groups in total. The van der Waals surface area contributed by atoms with Crippen molar-refractivity contribution in [1.29, 1.82) is 0 Å². The van der Waals surface area contributed by atoms with Gasteiger partial charge in [-0.15, -0.1) is 0 Å². The molecule has 0 aliphatic carbocycles. The lowest BCUT2D eigenvalue weighted by Gasteiger charge is -2.16. The Balaban J connectivity index is 2.35. The fourth-order valence-electron chi connectivity index (χ4n) is 1.46. The molecule has 0 spiro atoms. The smallest absolute Gasteiger partial charge is 0.335 e. The molecule has 0 bridgehead atoms. The van der Waals surface area contributed by atoms with Crippen LogP contribution in [0.25, 0.3) is 0 Å². The average molecular weight is 305 g/mol. The molecule has 1 aromatic carbocycles. The Morgan fingerprint density at radius 1 is 1.29 bits per heavy atom. The van der Waals surface area contributed by atoms with Gasteiger partial charge in [0.2, 0.25) is 6.79 Å². The van der Waals surface area contributed by atoms with Gasteiger partial charge >= 0.3 is 5.97 Å². The number of rotatable bonds is 3. The van der Waals surface area contributed by atoms with Gasteiger partial charge in [0.05, 0.1) is 0 Å². The Morgan fingerprint density at radius 3 is 2.47 bits per heavy atom. The summed E-state index contributed by atoms with van der Waals surface area (Å²) in [5.74, 6) is -0.598. The number of aliphatic hydroxyl groups excluding tert-OH is 2. The van der Waals surface area contributed by atoms with Crippen LogP contribution in [0.15, 0.2) is 16.6 Å². The van der Waals surface area contributed by atoms with Crippen LogP contribution >= 0.6 is 15.9 Å². The van der Waals surface area contributed by atoms with Crippen LogP contribution in [0.3, 0.4) is 0 Å². The maximum Gasteiger partial charge on any atom is 0.335 e. The van der Waals surface area contributed by atoms with Crippen molar-refractivity contribution in [3.63, 3.8) is 0 Å². The lowest BCUT2D eigenvalue weighted by molar-refractivity contribution is -0.153. The van der Waals surface area contributed by atoms with Crippen molar-refractivity contribution >= 4 is 21.9 Å². The lowest BCUT2D eigenvalue weighted by Crippen LogP contribution is -2.27. The summed E-state index contributed by atoms with van der Waals surface area (Å²) in [6.07, 6.45) is -3.44. The molecule has 0 amide bonds. The van der Waals surface area contributed by atoms with Crippen molar-refractivity contribution in [1.82, 2.24) is 0 Å². The van der Waals surface area contributed by atoms with Crippen molar-refractivity contribution in [2.24, 2.45) is 0 Å². The lowest BCUT2D eigenvalue weighted by atomic mass is 10.0. The van der Waals surface area contributed by atoms with Gasteiger partial charge in [0.15, 0.2) is 17.6 Å². The van der Waals surface area contributed by atoms with Gasteiger partial charge in [-0.1, -0.05) is 15.9 Å². The third kappa shape index (κ3) is 2.21. The molecule has 2 unspecified atom stereocenters. The summed E-state index contributed by atoms with van der Waals surface area (Å²) in [5, 5.41) is 27.6. The summed E-state index contributed by atoms with van der Waals surface area (Å²) in [6, 6.07) is 2.98. The average Bonchev–Trinajstić information content (AvgIpc) is 2.72. The Bertz CT molecular complexity index is 460. The molecule has 0 radical (unpaired) electrons. The zero-order chi connectivity index (χ0) is 12.6. The van der Waals surface area contributed by atoms with Crippen molar-refractivity contribution in [2.45, 2.75) is 12.2 Å². The number of carbonyl (C=O) groups is 1. The SMILES string of the molecule is O=C(O)C(O)C(O)c1cc2c(cc1Br)OCO2. The van der Waals surface area contributed by atoms with Crippen LogP contribution in [0.1, 0.15) is 11.7 Å². The summed E-state index contributed by atoms with van der Waals surface area (Å²) >= 11 is 3.17. The monoisotopic (exact) mass is 304 g/mol. The molecule has 2 rings (SSSR count). The van der Waals surface area contributed by atoms with Crippen LogP contribution in [0.2, 0.25) is 0 Å². The predicted molar refractivity (Wildman–Crippen MR) is 58.9 cm³/mol. The summed E-state index contributed by atoms with van der Waals surface area (Å²) in [4.78, 5) is 10.6. The highest BCUT2D eigenvalue weighted by Gasteiger charge is 2.29. The van der Waals surface area contributed by atoms with Crippen LogP contribution in [-0.2, 0) is 4.79 Å². The van der Waals surface area contributed by atoms with Crippen LogP contribution in [0.4, 0.5) is 0 Å². The van der Waals surface area contributed by atoms with Gasteiger partial charge in [-0.2, -0.15) is 0 Å². The minimum absolute atomic E-state index is 0.0722. The zero-order valence-corrected chi connectivity index (χ0v) is 10.0.